The van der Waals surface area contributed by atoms with E-state index in [1.807, 2.05) is 0 Å². The summed E-state index contributed by atoms with van der Waals surface area (Å²) in [7, 11) is 0. The van der Waals surface area contributed by atoms with E-state index >= 15 is 0 Å². The number of hydrogen-bond acceptors (Lipinski definition) is 1. The van der Waals surface area contributed by atoms with Crippen molar-refractivity contribution in [2.45, 2.75) is 88.9 Å². The van der Waals surface area contributed by atoms with Crippen molar-refractivity contribution in [1.29, 1.82) is 0 Å². The van der Waals surface area contributed by atoms with Crippen LogP contribution in [0.2, 0.25) is 0 Å². The third-order valence-corrected chi connectivity index (χ3v) is 15.1. The van der Waals surface area contributed by atoms with Crippen molar-refractivity contribution in [2.24, 2.45) is 23.7 Å². The zero-order chi connectivity index (χ0) is 35.7. The van der Waals surface area contributed by atoms with Gasteiger partial charge in [-0.05, 0) is 177 Å². The lowest BCUT2D eigenvalue weighted by Gasteiger charge is -2.61. The highest BCUT2D eigenvalue weighted by molar-refractivity contribution is 5.89. The van der Waals surface area contributed by atoms with Crippen molar-refractivity contribution in [3.05, 3.63) is 150 Å². The first kappa shape index (κ1) is 31.9. The Bertz CT molecular complexity index is 2400. The van der Waals surface area contributed by atoms with Gasteiger partial charge >= 0.3 is 0 Å². The van der Waals surface area contributed by atoms with E-state index in [0.29, 0.717) is 0 Å². The first-order chi connectivity index (χ1) is 25.7. The molecule has 12 rings (SSSR count). The summed E-state index contributed by atoms with van der Waals surface area (Å²) in [6, 6.07) is 49.4. The Hall–Kier alpha value is -4.62. The van der Waals surface area contributed by atoms with Crippen LogP contribution in [0.25, 0.3) is 33.0 Å². The molecule has 0 aliphatic heterocycles. The molecular weight excluding hydrogens is 639 g/mol. The summed E-state index contributed by atoms with van der Waals surface area (Å²) in [6.07, 6.45) is 9.58. The maximum absolute atomic E-state index is 2.58. The molecule has 264 valence electrons. The van der Waals surface area contributed by atoms with Gasteiger partial charge in [-0.3, -0.25) is 0 Å². The molecule has 0 radical (unpaired) electrons. The number of hydrogen-bond donors (Lipinski definition) is 0. The molecule has 0 N–H and O–H groups in total. The number of nitrogens with zero attached hydrogens (tertiary/aromatic N) is 1. The van der Waals surface area contributed by atoms with Gasteiger partial charge in [-0.2, -0.15) is 0 Å². The first-order valence-corrected chi connectivity index (χ1v) is 20.5. The van der Waals surface area contributed by atoms with Crippen LogP contribution in [0.3, 0.4) is 0 Å². The molecule has 4 saturated carbocycles. The van der Waals surface area contributed by atoms with Crippen molar-refractivity contribution < 1.29 is 0 Å². The zero-order valence-electron chi connectivity index (χ0n) is 31.8. The van der Waals surface area contributed by atoms with Crippen LogP contribution in [0.5, 0.6) is 0 Å². The predicted molar refractivity (Wildman–Crippen MR) is 223 cm³/mol. The standard InChI is InChI=1S/C52H51N/c1-50(2)23-24-51(3,4)49-32-43(20-22-48(49)50)53(41-17-15-36(16-18-41)38-14-13-35-9-5-6-10-37(35)30-38)42-19-21-47-45(31-42)44-11-7-8-12-46(44)52(47)39-26-33-25-34(28-39)29-40(52)27-33/h5-22,30-34,39-40H,23-29H2,1-4H3. The van der Waals surface area contributed by atoms with E-state index in [-0.39, 0.29) is 16.2 Å². The molecule has 53 heavy (non-hydrogen) atoms. The molecule has 6 aromatic rings. The van der Waals surface area contributed by atoms with Crippen molar-refractivity contribution in [2.75, 3.05) is 4.90 Å². The van der Waals surface area contributed by atoms with Crippen LogP contribution in [-0.4, -0.2) is 0 Å². The van der Waals surface area contributed by atoms with Gasteiger partial charge in [0.15, 0.2) is 0 Å². The molecule has 0 atom stereocenters. The summed E-state index contributed by atoms with van der Waals surface area (Å²) in [5.74, 6) is 3.45. The fraction of sp³-hybridized carbons (Fsp3) is 0.346. The van der Waals surface area contributed by atoms with E-state index < -0.39 is 0 Å². The van der Waals surface area contributed by atoms with Gasteiger partial charge < -0.3 is 4.90 Å². The summed E-state index contributed by atoms with van der Waals surface area (Å²) >= 11 is 0. The van der Waals surface area contributed by atoms with Crippen LogP contribution in [0.4, 0.5) is 17.1 Å². The van der Waals surface area contributed by atoms with Gasteiger partial charge in [0.2, 0.25) is 0 Å². The maximum atomic E-state index is 2.58. The molecule has 1 heteroatoms. The highest BCUT2D eigenvalue weighted by atomic mass is 15.1. The van der Waals surface area contributed by atoms with Crippen LogP contribution in [-0.2, 0) is 16.2 Å². The van der Waals surface area contributed by atoms with Gasteiger partial charge in [0, 0.05) is 22.5 Å². The van der Waals surface area contributed by atoms with Crippen LogP contribution in [0, 0.1) is 23.7 Å². The highest BCUT2D eigenvalue weighted by Gasteiger charge is 2.61. The quantitative estimate of drug-likeness (QED) is 0.178. The third kappa shape index (κ3) is 4.62. The van der Waals surface area contributed by atoms with Crippen LogP contribution < -0.4 is 4.90 Å². The van der Waals surface area contributed by atoms with Crippen molar-refractivity contribution in [3.8, 4) is 22.3 Å². The number of fused-ring (bicyclic) bond motifs is 5. The van der Waals surface area contributed by atoms with E-state index in [4.69, 9.17) is 0 Å². The third-order valence-electron chi connectivity index (χ3n) is 15.1. The fourth-order valence-electron chi connectivity index (χ4n) is 12.6. The molecule has 0 heterocycles. The number of rotatable bonds is 4. The van der Waals surface area contributed by atoms with Crippen molar-refractivity contribution in [3.63, 3.8) is 0 Å². The Kier molecular flexibility index (Phi) is 6.74. The second kappa shape index (κ2) is 11.2. The van der Waals surface area contributed by atoms with Gasteiger partial charge in [0.1, 0.15) is 0 Å². The van der Waals surface area contributed by atoms with Gasteiger partial charge in [0.05, 0.1) is 0 Å². The second-order valence-electron chi connectivity index (χ2n) is 18.9. The average molecular weight is 690 g/mol. The molecule has 4 fully saturated rings. The normalized spacial score (nSPS) is 26.7. The number of anilines is 3. The van der Waals surface area contributed by atoms with Gasteiger partial charge in [-0.25, -0.2) is 0 Å². The van der Waals surface area contributed by atoms with Crippen LogP contribution >= 0.6 is 0 Å². The molecule has 0 unspecified atom stereocenters. The molecule has 6 aliphatic rings. The molecule has 0 amide bonds. The average Bonchev–Trinajstić information content (AvgIpc) is 3.46. The molecule has 1 nitrogen and oxygen atoms in total. The van der Waals surface area contributed by atoms with Gasteiger partial charge in [0.25, 0.3) is 0 Å². The second-order valence-corrected chi connectivity index (χ2v) is 18.9. The molecule has 0 saturated heterocycles. The smallest absolute Gasteiger partial charge is 0.0468 e. The molecule has 1 spiro atoms. The fourth-order valence-corrected chi connectivity index (χ4v) is 12.6. The summed E-state index contributed by atoms with van der Waals surface area (Å²) in [4.78, 5) is 2.55. The molecule has 4 bridgehead atoms. The minimum absolute atomic E-state index is 0.134. The maximum Gasteiger partial charge on any atom is 0.0468 e. The largest absolute Gasteiger partial charge is 0.310 e. The summed E-state index contributed by atoms with van der Waals surface area (Å²) in [5, 5.41) is 2.57. The number of benzene rings is 6. The Morgan fingerprint density at radius 3 is 1.74 bits per heavy atom. The van der Waals surface area contributed by atoms with Crippen molar-refractivity contribution >= 4 is 27.8 Å². The van der Waals surface area contributed by atoms with Gasteiger partial charge in [-0.1, -0.05) is 113 Å². The van der Waals surface area contributed by atoms with E-state index in [9.17, 15) is 0 Å². The van der Waals surface area contributed by atoms with Crippen LogP contribution in [0.15, 0.2) is 127 Å². The summed E-state index contributed by atoms with van der Waals surface area (Å²) in [6.45, 7) is 9.76. The Labute approximate surface area is 316 Å². The summed E-state index contributed by atoms with van der Waals surface area (Å²) < 4.78 is 0. The molecule has 6 aromatic carbocycles. The van der Waals surface area contributed by atoms with E-state index in [1.54, 1.807) is 11.1 Å². The lowest BCUT2D eigenvalue weighted by molar-refractivity contribution is -0.0399. The molecule has 6 aliphatic carbocycles. The Morgan fingerprint density at radius 2 is 1.00 bits per heavy atom. The summed E-state index contributed by atoms with van der Waals surface area (Å²) in [5.41, 5.74) is 15.9. The SMILES string of the molecule is CC1(C)CCC(C)(C)c2cc(N(c3ccc(-c4ccc5ccccc5c4)cc3)c3ccc4c(c3)-c3ccccc3C43C4CC5CC(C4)CC3C5)ccc21. The lowest BCUT2D eigenvalue weighted by Crippen LogP contribution is -2.55. The Balaban J connectivity index is 1.07. The monoisotopic (exact) mass is 689 g/mol. The minimum atomic E-state index is 0.134. The van der Waals surface area contributed by atoms with Gasteiger partial charge in [-0.15, -0.1) is 0 Å². The molecule has 0 aromatic heterocycles. The Morgan fingerprint density at radius 1 is 0.434 bits per heavy atom. The minimum Gasteiger partial charge on any atom is -0.310 e. The lowest BCUT2D eigenvalue weighted by atomic mass is 9.43. The molecular formula is C52H51N. The predicted octanol–water partition coefficient (Wildman–Crippen LogP) is 14.0. The van der Waals surface area contributed by atoms with E-state index in [2.05, 4.69) is 160 Å². The van der Waals surface area contributed by atoms with E-state index in [0.717, 1.165) is 23.7 Å². The highest BCUT2D eigenvalue weighted by Crippen LogP contribution is 2.69. The van der Waals surface area contributed by atoms with E-state index in [1.165, 1.54) is 106 Å². The van der Waals surface area contributed by atoms with Crippen LogP contribution in [0.1, 0.15) is 94.9 Å². The van der Waals surface area contributed by atoms with Crippen molar-refractivity contribution in [1.82, 2.24) is 0 Å². The topological polar surface area (TPSA) is 3.24 Å². The first-order valence-electron chi connectivity index (χ1n) is 20.5. The zero-order valence-corrected chi connectivity index (χ0v) is 31.8.